The minimum absolute atomic E-state index is 0.368. The first-order chi connectivity index (χ1) is 4.54. The molecule has 1 fully saturated rings. The summed E-state index contributed by atoms with van der Waals surface area (Å²) in [6, 6.07) is 0. The van der Waals surface area contributed by atoms with Gasteiger partial charge in [0.05, 0.1) is 11.7 Å². The summed E-state index contributed by atoms with van der Waals surface area (Å²) in [5.41, 5.74) is -0.547. The normalized spacial score (nSPS) is 42.6. The summed E-state index contributed by atoms with van der Waals surface area (Å²) in [5.74, 6) is 0.377. The molecular weight excluding hydrogens is 128 g/mol. The van der Waals surface area contributed by atoms with Crippen LogP contribution in [0, 0.1) is 5.92 Å². The first-order valence-corrected chi connectivity index (χ1v) is 3.95. The lowest BCUT2D eigenvalue weighted by atomic mass is 9.68. The zero-order valence-electron chi connectivity index (χ0n) is 6.67. The Balaban J connectivity index is 2.38. The minimum Gasteiger partial charge on any atom is -0.393 e. The second kappa shape index (κ2) is 2.51. The van der Waals surface area contributed by atoms with E-state index in [1.807, 2.05) is 6.92 Å². The summed E-state index contributed by atoms with van der Waals surface area (Å²) in [6.45, 7) is 3.76. The van der Waals surface area contributed by atoms with Gasteiger partial charge in [0.15, 0.2) is 0 Å². The van der Waals surface area contributed by atoms with Crippen LogP contribution in [0.5, 0.6) is 0 Å². The van der Waals surface area contributed by atoms with Crippen molar-refractivity contribution in [2.45, 2.75) is 44.8 Å². The highest BCUT2D eigenvalue weighted by atomic mass is 16.3. The molecule has 3 atom stereocenters. The fraction of sp³-hybridized carbons (Fsp3) is 1.00. The van der Waals surface area contributed by atoms with Crippen LogP contribution in [0.4, 0.5) is 0 Å². The second-order valence-electron chi connectivity index (χ2n) is 3.60. The van der Waals surface area contributed by atoms with Crippen molar-refractivity contribution in [1.29, 1.82) is 0 Å². The molecule has 60 valence electrons. The largest absolute Gasteiger partial charge is 0.393 e. The van der Waals surface area contributed by atoms with Gasteiger partial charge in [-0.15, -0.1) is 0 Å². The Kier molecular flexibility index (Phi) is 2.02. The van der Waals surface area contributed by atoms with E-state index >= 15 is 0 Å². The van der Waals surface area contributed by atoms with E-state index in [1.54, 1.807) is 6.92 Å². The molecule has 0 bridgehead atoms. The van der Waals surface area contributed by atoms with E-state index in [9.17, 15) is 5.11 Å². The van der Waals surface area contributed by atoms with Crippen molar-refractivity contribution in [1.82, 2.24) is 0 Å². The molecule has 0 radical (unpaired) electrons. The van der Waals surface area contributed by atoms with Crippen LogP contribution in [-0.2, 0) is 0 Å². The van der Waals surface area contributed by atoms with E-state index in [4.69, 9.17) is 5.11 Å². The fourth-order valence-electron chi connectivity index (χ4n) is 1.58. The SMILES string of the molecule is CC(O)CC1(O)CCC1C. The lowest BCUT2D eigenvalue weighted by Crippen LogP contribution is -2.47. The van der Waals surface area contributed by atoms with Crippen molar-refractivity contribution in [2.24, 2.45) is 5.92 Å². The monoisotopic (exact) mass is 144 g/mol. The number of hydrogen-bond acceptors (Lipinski definition) is 2. The average Bonchev–Trinajstić information content (AvgIpc) is 1.84. The van der Waals surface area contributed by atoms with Gasteiger partial charge >= 0.3 is 0 Å². The Morgan fingerprint density at radius 3 is 2.40 bits per heavy atom. The fourth-order valence-corrected chi connectivity index (χ4v) is 1.58. The van der Waals surface area contributed by atoms with E-state index in [0.717, 1.165) is 12.8 Å². The van der Waals surface area contributed by atoms with Crippen LogP contribution in [0.15, 0.2) is 0 Å². The zero-order chi connectivity index (χ0) is 7.78. The minimum atomic E-state index is -0.547. The molecule has 1 aliphatic rings. The van der Waals surface area contributed by atoms with Crippen molar-refractivity contribution < 1.29 is 10.2 Å². The number of aliphatic hydroxyl groups excluding tert-OH is 1. The molecule has 0 spiro atoms. The topological polar surface area (TPSA) is 40.5 Å². The molecule has 2 heteroatoms. The Morgan fingerprint density at radius 2 is 2.30 bits per heavy atom. The number of rotatable bonds is 2. The van der Waals surface area contributed by atoms with E-state index in [0.29, 0.717) is 12.3 Å². The Morgan fingerprint density at radius 1 is 1.70 bits per heavy atom. The predicted molar refractivity (Wildman–Crippen MR) is 39.6 cm³/mol. The van der Waals surface area contributed by atoms with Gasteiger partial charge in [-0.3, -0.25) is 0 Å². The highest BCUT2D eigenvalue weighted by molar-refractivity contribution is 4.94. The third-order valence-electron chi connectivity index (χ3n) is 2.58. The predicted octanol–water partition coefficient (Wildman–Crippen LogP) is 0.918. The van der Waals surface area contributed by atoms with Gasteiger partial charge in [-0.05, 0) is 25.7 Å². The molecule has 0 aromatic carbocycles. The van der Waals surface area contributed by atoms with Crippen molar-refractivity contribution in [3.05, 3.63) is 0 Å². The average molecular weight is 144 g/mol. The molecule has 2 N–H and O–H groups in total. The Hall–Kier alpha value is -0.0800. The third kappa shape index (κ3) is 1.32. The van der Waals surface area contributed by atoms with Gasteiger partial charge in [-0.2, -0.15) is 0 Å². The van der Waals surface area contributed by atoms with E-state index in [-0.39, 0.29) is 6.10 Å². The van der Waals surface area contributed by atoms with Gasteiger partial charge in [0.1, 0.15) is 0 Å². The van der Waals surface area contributed by atoms with Gasteiger partial charge in [0.2, 0.25) is 0 Å². The zero-order valence-corrected chi connectivity index (χ0v) is 6.67. The summed E-state index contributed by atoms with van der Waals surface area (Å²) >= 11 is 0. The quantitative estimate of drug-likeness (QED) is 0.605. The van der Waals surface area contributed by atoms with Crippen molar-refractivity contribution in [2.75, 3.05) is 0 Å². The van der Waals surface area contributed by atoms with Crippen LogP contribution >= 0.6 is 0 Å². The van der Waals surface area contributed by atoms with Gasteiger partial charge in [-0.1, -0.05) is 6.92 Å². The summed E-state index contributed by atoms with van der Waals surface area (Å²) in [5, 5.41) is 18.7. The molecule has 2 nitrogen and oxygen atoms in total. The van der Waals surface area contributed by atoms with Crippen LogP contribution in [0.3, 0.4) is 0 Å². The van der Waals surface area contributed by atoms with Gasteiger partial charge in [0.25, 0.3) is 0 Å². The van der Waals surface area contributed by atoms with Crippen LogP contribution in [0.25, 0.3) is 0 Å². The molecule has 0 aromatic rings. The van der Waals surface area contributed by atoms with Gasteiger partial charge in [0, 0.05) is 6.42 Å². The molecule has 0 aromatic heterocycles. The molecule has 0 amide bonds. The van der Waals surface area contributed by atoms with E-state index in [1.165, 1.54) is 0 Å². The lowest BCUT2D eigenvalue weighted by Gasteiger charge is -2.44. The van der Waals surface area contributed by atoms with Gasteiger partial charge < -0.3 is 10.2 Å². The molecule has 0 heterocycles. The van der Waals surface area contributed by atoms with E-state index in [2.05, 4.69) is 0 Å². The first-order valence-electron chi connectivity index (χ1n) is 3.95. The molecule has 0 aliphatic heterocycles. The second-order valence-corrected chi connectivity index (χ2v) is 3.60. The Labute approximate surface area is 61.9 Å². The highest BCUT2D eigenvalue weighted by Crippen LogP contribution is 2.41. The maximum atomic E-state index is 9.69. The molecule has 1 saturated carbocycles. The molecule has 3 unspecified atom stereocenters. The summed E-state index contributed by atoms with van der Waals surface area (Å²) in [4.78, 5) is 0. The Bertz CT molecular complexity index is 122. The number of hydrogen-bond donors (Lipinski definition) is 2. The molecule has 10 heavy (non-hydrogen) atoms. The molecular formula is C8H16O2. The maximum absolute atomic E-state index is 9.69. The number of aliphatic hydroxyl groups is 2. The van der Waals surface area contributed by atoms with Crippen LogP contribution in [0.2, 0.25) is 0 Å². The molecule has 1 aliphatic carbocycles. The van der Waals surface area contributed by atoms with Crippen LogP contribution in [0.1, 0.15) is 33.1 Å². The molecule has 1 rings (SSSR count). The van der Waals surface area contributed by atoms with E-state index < -0.39 is 5.60 Å². The third-order valence-corrected chi connectivity index (χ3v) is 2.58. The van der Waals surface area contributed by atoms with Crippen molar-refractivity contribution in [3.8, 4) is 0 Å². The lowest BCUT2D eigenvalue weighted by molar-refractivity contribution is -0.111. The first kappa shape index (κ1) is 8.02. The summed E-state index contributed by atoms with van der Waals surface area (Å²) in [7, 11) is 0. The highest BCUT2D eigenvalue weighted by Gasteiger charge is 2.42. The van der Waals surface area contributed by atoms with Crippen molar-refractivity contribution >= 4 is 0 Å². The van der Waals surface area contributed by atoms with Crippen LogP contribution in [-0.4, -0.2) is 21.9 Å². The smallest absolute Gasteiger partial charge is 0.0697 e. The van der Waals surface area contributed by atoms with Gasteiger partial charge in [-0.25, -0.2) is 0 Å². The molecule has 0 saturated heterocycles. The summed E-state index contributed by atoms with van der Waals surface area (Å²) < 4.78 is 0. The maximum Gasteiger partial charge on any atom is 0.0697 e. The summed E-state index contributed by atoms with van der Waals surface area (Å²) in [6.07, 6.45) is 2.13. The van der Waals surface area contributed by atoms with Crippen molar-refractivity contribution in [3.63, 3.8) is 0 Å². The standard InChI is InChI=1S/C8H16O2/c1-6-3-4-8(6,10)5-7(2)9/h6-7,9-10H,3-5H2,1-2H3. The van der Waals surface area contributed by atoms with Crippen LogP contribution < -0.4 is 0 Å².